The molecule has 0 aliphatic heterocycles. The van der Waals surface area contributed by atoms with E-state index in [0.717, 1.165) is 17.2 Å². The third-order valence-electron chi connectivity index (χ3n) is 1.97. The fourth-order valence-corrected chi connectivity index (χ4v) is 1.38. The second-order valence-electron chi connectivity index (χ2n) is 3.31. The Bertz CT molecular complexity index is 433. The molecule has 0 aliphatic rings. The normalized spacial score (nSPS) is 9.93. The summed E-state index contributed by atoms with van der Waals surface area (Å²) in [7, 11) is 0. The number of hydrogen-bond acceptors (Lipinski definition) is 3. The van der Waals surface area contributed by atoms with E-state index >= 15 is 0 Å². The lowest BCUT2D eigenvalue weighted by molar-refractivity contribution is -0.347. The van der Waals surface area contributed by atoms with Gasteiger partial charge in [0, 0.05) is 6.07 Å². The van der Waals surface area contributed by atoms with Gasteiger partial charge < -0.3 is 5.73 Å². The molecular formula is C11H13N4+. The largest absolute Gasteiger partial charge is 0.342 e. The lowest BCUT2D eigenvalue weighted by Gasteiger charge is -2.01. The Labute approximate surface area is 88.2 Å². The fraction of sp³-hybridized carbons (Fsp3) is 0.0909. The SMILES string of the molecule is Cc1cc(Nc2ccccc2)[nH+]c(N)n1. The van der Waals surface area contributed by atoms with Crippen molar-refractivity contribution in [2.24, 2.45) is 0 Å². The number of aryl methyl sites for hydroxylation is 1. The first-order chi connectivity index (χ1) is 7.24. The molecule has 1 aromatic carbocycles. The smallest absolute Gasteiger partial charge is 0.308 e. The van der Waals surface area contributed by atoms with E-state index in [-0.39, 0.29) is 0 Å². The molecule has 0 spiro atoms. The number of anilines is 3. The van der Waals surface area contributed by atoms with Gasteiger partial charge in [-0.1, -0.05) is 18.2 Å². The monoisotopic (exact) mass is 201 g/mol. The molecule has 4 N–H and O–H groups in total. The standard InChI is InChI=1S/C11H12N4/c1-8-7-10(15-11(12)13-8)14-9-5-3-2-4-6-9/h2-7H,1H3,(H3,12,13,14,15)/p+1. The molecule has 0 atom stereocenters. The summed E-state index contributed by atoms with van der Waals surface area (Å²) in [4.78, 5) is 7.01. The van der Waals surface area contributed by atoms with E-state index in [9.17, 15) is 0 Å². The maximum Gasteiger partial charge on any atom is 0.342 e. The van der Waals surface area contributed by atoms with Crippen LogP contribution in [0.5, 0.6) is 0 Å². The number of rotatable bonds is 2. The molecule has 4 heteroatoms. The average Bonchev–Trinajstić information content (AvgIpc) is 2.17. The number of aromatic amines is 1. The zero-order chi connectivity index (χ0) is 10.7. The van der Waals surface area contributed by atoms with E-state index in [2.05, 4.69) is 15.3 Å². The van der Waals surface area contributed by atoms with Crippen molar-refractivity contribution in [2.75, 3.05) is 11.1 Å². The first-order valence-corrected chi connectivity index (χ1v) is 4.72. The number of nitrogen functional groups attached to an aromatic ring is 1. The summed E-state index contributed by atoms with van der Waals surface area (Å²) in [5.74, 6) is 1.25. The van der Waals surface area contributed by atoms with Crippen LogP contribution in [0.25, 0.3) is 0 Å². The van der Waals surface area contributed by atoms with Crippen molar-refractivity contribution in [1.29, 1.82) is 0 Å². The highest BCUT2D eigenvalue weighted by molar-refractivity contribution is 5.53. The van der Waals surface area contributed by atoms with Crippen molar-refractivity contribution in [3.8, 4) is 0 Å². The van der Waals surface area contributed by atoms with Crippen LogP contribution in [0.3, 0.4) is 0 Å². The summed E-state index contributed by atoms with van der Waals surface area (Å²) in [5, 5.41) is 3.21. The summed E-state index contributed by atoms with van der Waals surface area (Å²) >= 11 is 0. The molecule has 2 aromatic rings. The predicted octanol–water partition coefficient (Wildman–Crippen LogP) is 1.53. The van der Waals surface area contributed by atoms with Crippen LogP contribution >= 0.6 is 0 Å². The molecule has 1 aromatic heterocycles. The Morgan fingerprint density at radius 3 is 2.67 bits per heavy atom. The number of aromatic nitrogens is 2. The Morgan fingerprint density at radius 1 is 1.27 bits per heavy atom. The summed E-state index contributed by atoms with van der Waals surface area (Å²) in [5.41, 5.74) is 7.50. The Balaban J connectivity index is 2.25. The van der Waals surface area contributed by atoms with Crippen molar-refractivity contribution in [1.82, 2.24) is 4.98 Å². The van der Waals surface area contributed by atoms with Crippen LogP contribution in [0, 0.1) is 6.92 Å². The van der Waals surface area contributed by atoms with Gasteiger partial charge in [0.05, 0.1) is 5.69 Å². The average molecular weight is 201 g/mol. The Morgan fingerprint density at radius 2 is 2.00 bits per heavy atom. The highest BCUT2D eigenvalue weighted by Crippen LogP contribution is 2.12. The van der Waals surface area contributed by atoms with Gasteiger partial charge in [-0.15, -0.1) is 4.98 Å². The van der Waals surface area contributed by atoms with E-state index in [1.165, 1.54) is 0 Å². The maximum atomic E-state index is 5.61. The number of para-hydroxylation sites is 1. The number of hydrogen-bond donors (Lipinski definition) is 2. The van der Waals surface area contributed by atoms with E-state index in [1.807, 2.05) is 43.3 Å². The van der Waals surface area contributed by atoms with Crippen LogP contribution in [0.1, 0.15) is 5.69 Å². The minimum atomic E-state index is 0.411. The minimum Gasteiger partial charge on any atom is -0.308 e. The van der Waals surface area contributed by atoms with Gasteiger partial charge in [-0.2, -0.15) is 0 Å². The van der Waals surface area contributed by atoms with E-state index < -0.39 is 0 Å². The van der Waals surface area contributed by atoms with Gasteiger partial charge >= 0.3 is 5.95 Å². The number of nitrogens with zero attached hydrogens (tertiary/aromatic N) is 1. The molecule has 1 heterocycles. The molecule has 0 fully saturated rings. The van der Waals surface area contributed by atoms with Crippen LogP contribution in [-0.2, 0) is 0 Å². The topological polar surface area (TPSA) is 65.1 Å². The Kier molecular flexibility index (Phi) is 2.49. The lowest BCUT2D eigenvalue weighted by Crippen LogP contribution is -2.17. The predicted molar refractivity (Wildman–Crippen MR) is 59.7 cm³/mol. The van der Waals surface area contributed by atoms with Crippen molar-refractivity contribution in [2.45, 2.75) is 6.92 Å². The van der Waals surface area contributed by atoms with Crippen molar-refractivity contribution < 1.29 is 4.98 Å². The molecular weight excluding hydrogens is 188 g/mol. The molecule has 0 unspecified atom stereocenters. The second-order valence-corrected chi connectivity index (χ2v) is 3.31. The molecule has 0 radical (unpaired) electrons. The van der Waals surface area contributed by atoms with Crippen LogP contribution < -0.4 is 16.0 Å². The van der Waals surface area contributed by atoms with Crippen LogP contribution in [-0.4, -0.2) is 4.98 Å². The van der Waals surface area contributed by atoms with Crippen LogP contribution in [0.15, 0.2) is 36.4 Å². The summed E-state index contributed by atoms with van der Waals surface area (Å²) in [6, 6.07) is 11.8. The molecule has 15 heavy (non-hydrogen) atoms. The fourth-order valence-electron chi connectivity index (χ4n) is 1.38. The Hall–Kier alpha value is -2.10. The van der Waals surface area contributed by atoms with E-state index in [4.69, 9.17) is 5.73 Å². The molecule has 0 amide bonds. The van der Waals surface area contributed by atoms with Gasteiger partial charge in [-0.05, 0) is 19.1 Å². The zero-order valence-electron chi connectivity index (χ0n) is 8.49. The van der Waals surface area contributed by atoms with Crippen molar-refractivity contribution >= 4 is 17.5 Å². The van der Waals surface area contributed by atoms with Crippen molar-refractivity contribution in [3.63, 3.8) is 0 Å². The molecule has 0 saturated carbocycles. The van der Waals surface area contributed by atoms with Crippen LogP contribution in [0.2, 0.25) is 0 Å². The van der Waals surface area contributed by atoms with E-state index in [1.54, 1.807) is 0 Å². The quantitative estimate of drug-likeness (QED) is 0.774. The number of H-pyrrole nitrogens is 1. The van der Waals surface area contributed by atoms with Gasteiger partial charge in [-0.25, -0.2) is 4.98 Å². The van der Waals surface area contributed by atoms with Crippen LogP contribution in [0.4, 0.5) is 17.5 Å². The number of benzene rings is 1. The molecule has 2 rings (SSSR count). The molecule has 0 saturated heterocycles. The summed E-state index contributed by atoms with van der Waals surface area (Å²) in [6.45, 7) is 1.90. The maximum absolute atomic E-state index is 5.61. The van der Waals surface area contributed by atoms with E-state index in [0.29, 0.717) is 5.95 Å². The number of nitrogens with two attached hydrogens (primary N) is 1. The third-order valence-corrected chi connectivity index (χ3v) is 1.97. The first kappa shape index (κ1) is 9.45. The van der Waals surface area contributed by atoms with Gasteiger partial charge in [0.1, 0.15) is 5.69 Å². The highest BCUT2D eigenvalue weighted by Gasteiger charge is 2.04. The van der Waals surface area contributed by atoms with Gasteiger partial charge in [-0.3, -0.25) is 5.32 Å². The molecule has 76 valence electrons. The van der Waals surface area contributed by atoms with Gasteiger partial charge in [0.15, 0.2) is 0 Å². The highest BCUT2D eigenvalue weighted by atomic mass is 15.1. The first-order valence-electron chi connectivity index (χ1n) is 4.72. The van der Waals surface area contributed by atoms with Gasteiger partial charge in [0.2, 0.25) is 5.82 Å². The molecule has 4 nitrogen and oxygen atoms in total. The minimum absolute atomic E-state index is 0.411. The van der Waals surface area contributed by atoms with Gasteiger partial charge in [0.25, 0.3) is 0 Å². The third kappa shape index (κ3) is 2.43. The molecule has 0 aliphatic carbocycles. The second kappa shape index (κ2) is 3.96. The zero-order valence-corrected chi connectivity index (χ0v) is 8.49. The summed E-state index contributed by atoms with van der Waals surface area (Å²) in [6.07, 6.45) is 0. The lowest BCUT2D eigenvalue weighted by atomic mass is 10.3. The molecule has 0 bridgehead atoms. The summed E-state index contributed by atoms with van der Waals surface area (Å²) < 4.78 is 0. The number of nitrogens with one attached hydrogen (secondary N) is 2. The van der Waals surface area contributed by atoms with Crippen molar-refractivity contribution in [3.05, 3.63) is 42.1 Å².